The summed E-state index contributed by atoms with van der Waals surface area (Å²) in [7, 11) is 0. The van der Waals surface area contributed by atoms with Crippen LogP contribution in [0.4, 0.5) is 0 Å². The Kier molecular flexibility index (Phi) is 1.92. The highest BCUT2D eigenvalue weighted by Gasteiger charge is 2.24. The number of nitrogens with one attached hydrogen (secondary N) is 1. The van der Waals surface area contributed by atoms with Crippen LogP contribution in [0.25, 0.3) is 0 Å². The molecule has 0 spiro atoms. The van der Waals surface area contributed by atoms with Gasteiger partial charge >= 0.3 is 5.97 Å². The van der Waals surface area contributed by atoms with Gasteiger partial charge in [0.1, 0.15) is 10.4 Å². The molecular weight excluding hydrogens is 158 g/mol. The quantitative estimate of drug-likeness (QED) is 0.535. The molecule has 0 aliphatic carbocycles. The lowest BCUT2D eigenvalue weighted by molar-refractivity contribution is -0.138. The zero-order valence-corrected chi connectivity index (χ0v) is 6.09. The lowest BCUT2D eigenvalue weighted by atomic mass is 10.4. The molecule has 5 heteroatoms. The second-order valence-electron chi connectivity index (χ2n) is 1.63. The first-order valence-corrected chi connectivity index (χ1v) is 3.75. The fourth-order valence-corrected chi connectivity index (χ4v) is 1.63. The molecule has 1 saturated heterocycles. The van der Waals surface area contributed by atoms with Crippen LogP contribution in [0.15, 0.2) is 0 Å². The topological polar surface area (TPSA) is 49.3 Å². The van der Waals surface area contributed by atoms with Crippen molar-refractivity contribution in [2.24, 2.45) is 0 Å². The maximum atomic E-state index is 10.2. The maximum Gasteiger partial charge on any atom is 0.327 e. The summed E-state index contributed by atoms with van der Waals surface area (Å²) in [4.78, 5) is 10.2. The Morgan fingerprint density at radius 2 is 2.67 bits per heavy atom. The summed E-state index contributed by atoms with van der Waals surface area (Å²) >= 11 is 6.08. The minimum absolute atomic E-state index is 0.470. The lowest BCUT2D eigenvalue weighted by Crippen LogP contribution is -2.33. The maximum absolute atomic E-state index is 10.2. The highest BCUT2D eigenvalue weighted by atomic mass is 32.2. The molecule has 0 amide bonds. The number of rotatable bonds is 1. The van der Waals surface area contributed by atoms with Crippen LogP contribution < -0.4 is 5.32 Å². The molecule has 0 saturated carbocycles. The molecule has 0 aromatic heterocycles. The average Bonchev–Trinajstić information content (AvgIpc) is 2.14. The van der Waals surface area contributed by atoms with Crippen molar-refractivity contribution in [2.75, 3.05) is 5.75 Å². The first-order chi connectivity index (χ1) is 4.20. The van der Waals surface area contributed by atoms with Gasteiger partial charge < -0.3 is 10.4 Å². The van der Waals surface area contributed by atoms with Crippen molar-refractivity contribution in [2.45, 2.75) is 6.04 Å². The summed E-state index contributed by atoms with van der Waals surface area (Å²) in [5.74, 6) is -0.281. The monoisotopic (exact) mass is 163 g/mol. The Bertz CT molecular complexity index is 159. The standard InChI is InChI=1S/C4H5NO2S2/c6-3(7)2-1-9-4(8)5-2/h2H,1H2,(H,5,8)(H,6,7)/t2-/m1/s1. The van der Waals surface area contributed by atoms with Crippen LogP contribution in [0.2, 0.25) is 0 Å². The molecule has 1 fully saturated rings. The fraction of sp³-hybridized carbons (Fsp3) is 0.500. The summed E-state index contributed by atoms with van der Waals surface area (Å²) in [6, 6.07) is -0.470. The Balaban J connectivity index is 2.48. The van der Waals surface area contributed by atoms with Gasteiger partial charge in [-0.05, 0) is 0 Å². The van der Waals surface area contributed by atoms with Crippen molar-refractivity contribution in [3.63, 3.8) is 0 Å². The summed E-state index contributed by atoms with van der Waals surface area (Å²) in [6.45, 7) is 0. The number of carboxylic acids is 1. The van der Waals surface area contributed by atoms with Crippen molar-refractivity contribution >= 4 is 34.3 Å². The van der Waals surface area contributed by atoms with E-state index in [1.54, 1.807) is 0 Å². The van der Waals surface area contributed by atoms with Gasteiger partial charge in [-0.1, -0.05) is 24.0 Å². The molecule has 1 atom stereocenters. The second-order valence-corrected chi connectivity index (χ2v) is 3.33. The van der Waals surface area contributed by atoms with E-state index in [2.05, 4.69) is 5.32 Å². The Labute approximate surface area is 61.8 Å². The number of carboxylic acid groups (broad SMARTS) is 1. The molecule has 0 aromatic rings. The molecule has 0 bridgehead atoms. The zero-order chi connectivity index (χ0) is 6.85. The smallest absolute Gasteiger partial charge is 0.327 e. The molecule has 0 aromatic carbocycles. The highest BCUT2D eigenvalue weighted by molar-refractivity contribution is 8.23. The van der Waals surface area contributed by atoms with E-state index in [9.17, 15) is 4.79 Å². The molecule has 0 unspecified atom stereocenters. The van der Waals surface area contributed by atoms with E-state index in [4.69, 9.17) is 17.3 Å². The Morgan fingerprint density at radius 3 is 2.89 bits per heavy atom. The van der Waals surface area contributed by atoms with Gasteiger partial charge in [0, 0.05) is 5.75 Å². The average molecular weight is 163 g/mol. The van der Waals surface area contributed by atoms with Crippen LogP contribution in [0.1, 0.15) is 0 Å². The number of carbonyl (C=O) groups is 1. The number of hydrogen-bond donors (Lipinski definition) is 2. The van der Waals surface area contributed by atoms with E-state index < -0.39 is 12.0 Å². The van der Waals surface area contributed by atoms with Crippen molar-refractivity contribution in [3.05, 3.63) is 0 Å². The first kappa shape index (κ1) is 6.82. The predicted molar refractivity (Wildman–Crippen MR) is 39.6 cm³/mol. The third kappa shape index (κ3) is 1.56. The van der Waals surface area contributed by atoms with Gasteiger partial charge in [-0.15, -0.1) is 0 Å². The van der Waals surface area contributed by atoms with Gasteiger partial charge in [0.25, 0.3) is 0 Å². The van der Waals surface area contributed by atoms with E-state index in [1.807, 2.05) is 0 Å². The molecule has 2 N–H and O–H groups in total. The minimum Gasteiger partial charge on any atom is -0.480 e. The fourth-order valence-electron chi connectivity index (χ4n) is 0.518. The Hall–Kier alpha value is -0.290. The van der Waals surface area contributed by atoms with E-state index in [1.165, 1.54) is 11.8 Å². The van der Waals surface area contributed by atoms with E-state index in [-0.39, 0.29) is 0 Å². The molecule has 1 heterocycles. The zero-order valence-electron chi connectivity index (χ0n) is 4.46. The molecule has 1 rings (SSSR count). The van der Waals surface area contributed by atoms with Gasteiger partial charge in [0.05, 0.1) is 0 Å². The highest BCUT2D eigenvalue weighted by Crippen LogP contribution is 2.12. The van der Waals surface area contributed by atoms with Gasteiger partial charge in [-0.25, -0.2) is 4.79 Å². The van der Waals surface area contributed by atoms with Crippen molar-refractivity contribution in [1.29, 1.82) is 0 Å². The van der Waals surface area contributed by atoms with Crippen molar-refractivity contribution < 1.29 is 9.90 Å². The molecule has 0 radical (unpaired) electrons. The third-order valence-electron chi connectivity index (χ3n) is 0.971. The van der Waals surface area contributed by atoms with Crippen molar-refractivity contribution in [1.82, 2.24) is 5.32 Å². The normalized spacial score (nSPS) is 25.8. The molecular formula is C4H5NO2S2. The number of aliphatic carboxylic acids is 1. The minimum atomic E-state index is -0.831. The van der Waals surface area contributed by atoms with Crippen molar-refractivity contribution in [3.8, 4) is 0 Å². The number of thioether (sulfide) groups is 1. The molecule has 3 nitrogen and oxygen atoms in total. The van der Waals surface area contributed by atoms with Crippen LogP contribution in [-0.4, -0.2) is 27.2 Å². The summed E-state index contributed by atoms with van der Waals surface area (Å²) < 4.78 is 0.586. The van der Waals surface area contributed by atoms with Gasteiger partial charge in [-0.2, -0.15) is 0 Å². The molecule has 1 aliphatic rings. The SMILES string of the molecule is O=C(O)[C@H]1CSC(=S)N1. The van der Waals surface area contributed by atoms with E-state index in [0.717, 1.165) is 0 Å². The van der Waals surface area contributed by atoms with Gasteiger partial charge in [0.2, 0.25) is 0 Å². The Morgan fingerprint density at radius 1 is 2.00 bits per heavy atom. The summed E-state index contributed by atoms with van der Waals surface area (Å²) in [6.07, 6.45) is 0. The second kappa shape index (κ2) is 2.53. The third-order valence-corrected chi connectivity index (χ3v) is 2.32. The predicted octanol–water partition coefficient (Wildman–Crippen LogP) is 0.0609. The number of thiocarbonyl (C=S) groups is 1. The number of hydrogen-bond acceptors (Lipinski definition) is 3. The van der Waals surface area contributed by atoms with Gasteiger partial charge in [-0.3, -0.25) is 0 Å². The lowest BCUT2D eigenvalue weighted by Gasteiger charge is -1.99. The largest absolute Gasteiger partial charge is 0.480 e. The molecule has 50 valence electrons. The van der Waals surface area contributed by atoms with E-state index >= 15 is 0 Å². The van der Waals surface area contributed by atoms with Gasteiger partial charge in [0.15, 0.2) is 0 Å². The molecule has 9 heavy (non-hydrogen) atoms. The first-order valence-electron chi connectivity index (χ1n) is 2.36. The van der Waals surface area contributed by atoms with Crippen LogP contribution in [0.3, 0.4) is 0 Å². The summed E-state index contributed by atoms with van der Waals surface area (Å²) in [5.41, 5.74) is 0. The van der Waals surface area contributed by atoms with Crippen LogP contribution >= 0.6 is 24.0 Å². The molecule has 1 aliphatic heterocycles. The van der Waals surface area contributed by atoms with Crippen LogP contribution in [0.5, 0.6) is 0 Å². The van der Waals surface area contributed by atoms with Crippen LogP contribution in [-0.2, 0) is 4.79 Å². The summed E-state index contributed by atoms with van der Waals surface area (Å²) in [5, 5.41) is 11.0. The van der Waals surface area contributed by atoms with Crippen LogP contribution in [0, 0.1) is 0 Å². The van der Waals surface area contributed by atoms with E-state index in [0.29, 0.717) is 10.1 Å².